The van der Waals surface area contributed by atoms with E-state index in [4.69, 9.17) is 0 Å². The summed E-state index contributed by atoms with van der Waals surface area (Å²) >= 11 is 0. The summed E-state index contributed by atoms with van der Waals surface area (Å²) in [6, 6.07) is 0. The van der Waals surface area contributed by atoms with Crippen LogP contribution < -0.4 is 0 Å². The molecule has 1 aliphatic carbocycles. The van der Waals surface area contributed by atoms with Crippen molar-refractivity contribution in [2.75, 3.05) is 0 Å². The van der Waals surface area contributed by atoms with Gasteiger partial charge in [-0.2, -0.15) is 0 Å². The van der Waals surface area contributed by atoms with Gasteiger partial charge in [-0.1, -0.05) is 48.0 Å². The Bertz CT molecular complexity index is 279. The van der Waals surface area contributed by atoms with Gasteiger partial charge in [-0.05, 0) is 48.9 Å². The monoisotopic (exact) mass is 270 g/mol. The zero-order valence-corrected chi connectivity index (χ0v) is 13.7. The Kier molecular flexibility index (Phi) is 5.48. The molecule has 0 heterocycles. The van der Waals surface area contributed by atoms with E-state index in [2.05, 4.69) is 41.5 Å². The van der Waals surface area contributed by atoms with Gasteiger partial charge in [0, 0.05) is 0 Å². The number of hydrogen-bond acceptors (Lipinski definition) is 2. The van der Waals surface area contributed by atoms with E-state index in [1.807, 2.05) is 0 Å². The van der Waals surface area contributed by atoms with E-state index in [1.54, 1.807) is 0 Å². The standard InChI is InChI=1S/C17H34O2/c1-12(2)14-8-7-13(3)11-17(14,19)10-9-15(18)16(4,5)6/h12-15,18-19H,7-11H2,1-6H3/t13-,14+,15+,17+/m1/s1. The van der Waals surface area contributed by atoms with Crippen molar-refractivity contribution in [3.8, 4) is 0 Å². The molecule has 0 saturated heterocycles. The van der Waals surface area contributed by atoms with Gasteiger partial charge < -0.3 is 10.2 Å². The molecule has 2 N–H and O–H groups in total. The predicted octanol–water partition coefficient (Wildman–Crippen LogP) is 4.00. The molecule has 114 valence electrons. The molecule has 0 unspecified atom stereocenters. The molecule has 0 aromatic heterocycles. The second-order valence-corrected chi connectivity index (χ2v) is 8.26. The van der Waals surface area contributed by atoms with Gasteiger partial charge in [0.05, 0.1) is 11.7 Å². The highest BCUT2D eigenvalue weighted by molar-refractivity contribution is 4.94. The lowest BCUT2D eigenvalue weighted by molar-refractivity contribution is -0.0963. The third-order valence-corrected chi connectivity index (χ3v) is 5.02. The van der Waals surface area contributed by atoms with Gasteiger partial charge in [-0.25, -0.2) is 0 Å². The molecular formula is C17H34O2. The van der Waals surface area contributed by atoms with E-state index in [0.717, 1.165) is 19.3 Å². The van der Waals surface area contributed by atoms with Crippen molar-refractivity contribution in [3.05, 3.63) is 0 Å². The fraction of sp³-hybridized carbons (Fsp3) is 1.00. The second kappa shape index (κ2) is 6.13. The van der Waals surface area contributed by atoms with Crippen LogP contribution in [0.15, 0.2) is 0 Å². The Morgan fingerprint density at radius 1 is 1.21 bits per heavy atom. The van der Waals surface area contributed by atoms with E-state index >= 15 is 0 Å². The Morgan fingerprint density at radius 2 is 1.79 bits per heavy atom. The van der Waals surface area contributed by atoms with Gasteiger partial charge >= 0.3 is 0 Å². The minimum atomic E-state index is -0.571. The van der Waals surface area contributed by atoms with Gasteiger partial charge in [-0.15, -0.1) is 0 Å². The van der Waals surface area contributed by atoms with Crippen LogP contribution in [0.2, 0.25) is 0 Å². The summed E-state index contributed by atoms with van der Waals surface area (Å²) in [7, 11) is 0. The first-order chi connectivity index (χ1) is 8.56. The molecule has 0 aromatic rings. The molecule has 1 saturated carbocycles. The van der Waals surface area contributed by atoms with E-state index in [-0.39, 0.29) is 11.5 Å². The molecule has 2 nitrogen and oxygen atoms in total. The van der Waals surface area contributed by atoms with E-state index in [0.29, 0.717) is 24.2 Å². The van der Waals surface area contributed by atoms with Crippen LogP contribution in [0.25, 0.3) is 0 Å². The Labute approximate surface area is 119 Å². The minimum absolute atomic E-state index is 0.0933. The first kappa shape index (κ1) is 17.0. The Morgan fingerprint density at radius 3 is 2.26 bits per heavy atom. The lowest BCUT2D eigenvalue weighted by Crippen LogP contribution is -2.46. The predicted molar refractivity (Wildman–Crippen MR) is 81.0 cm³/mol. The SMILES string of the molecule is CC(C)[C@@H]1CC[C@@H](C)C[C@@]1(O)CC[C@H](O)C(C)(C)C. The second-order valence-electron chi connectivity index (χ2n) is 8.26. The summed E-state index contributed by atoms with van der Waals surface area (Å²) in [5, 5.41) is 21.3. The van der Waals surface area contributed by atoms with Gasteiger partial charge in [-0.3, -0.25) is 0 Å². The first-order valence-electron chi connectivity index (χ1n) is 7.96. The van der Waals surface area contributed by atoms with Crippen molar-refractivity contribution >= 4 is 0 Å². The number of aliphatic hydroxyl groups is 2. The maximum absolute atomic E-state index is 11.1. The summed E-state index contributed by atoms with van der Waals surface area (Å²) in [6.07, 6.45) is 4.36. The van der Waals surface area contributed by atoms with Crippen molar-refractivity contribution in [2.45, 2.75) is 85.4 Å². The number of aliphatic hydroxyl groups excluding tert-OH is 1. The Balaban J connectivity index is 2.69. The van der Waals surface area contributed by atoms with E-state index in [1.165, 1.54) is 6.42 Å². The molecule has 2 heteroatoms. The minimum Gasteiger partial charge on any atom is -0.393 e. The van der Waals surface area contributed by atoms with Gasteiger partial charge in [0.2, 0.25) is 0 Å². The number of hydrogen-bond donors (Lipinski definition) is 2. The first-order valence-corrected chi connectivity index (χ1v) is 7.96. The highest BCUT2D eigenvalue weighted by Gasteiger charge is 2.43. The third-order valence-electron chi connectivity index (χ3n) is 5.02. The van der Waals surface area contributed by atoms with Crippen LogP contribution in [-0.4, -0.2) is 21.9 Å². The molecule has 4 atom stereocenters. The lowest BCUT2D eigenvalue weighted by atomic mass is 9.65. The van der Waals surface area contributed by atoms with Crippen LogP contribution in [0.3, 0.4) is 0 Å². The zero-order valence-electron chi connectivity index (χ0n) is 13.7. The fourth-order valence-corrected chi connectivity index (χ4v) is 3.65. The van der Waals surface area contributed by atoms with Gasteiger partial charge in [0.15, 0.2) is 0 Å². The van der Waals surface area contributed by atoms with Crippen LogP contribution in [0.1, 0.15) is 73.6 Å². The highest BCUT2D eigenvalue weighted by Crippen LogP contribution is 2.44. The van der Waals surface area contributed by atoms with Crippen molar-refractivity contribution in [2.24, 2.45) is 23.2 Å². The Hall–Kier alpha value is -0.0800. The molecule has 1 rings (SSSR count). The average molecular weight is 270 g/mol. The summed E-state index contributed by atoms with van der Waals surface area (Å²) in [5.74, 6) is 1.51. The fourth-order valence-electron chi connectivity index (χ4n) is 3.65. The average Bonchev–Trinajstić information content (AvgIpc) is 2.23. The molecule has 0 aromatic carbocycles. The third kappa shape index (κ3) is 4.46. The molecule has 1 aliphatic rings. The lowest BCUT2D eigenvalue weighted by Gasteiger charge is -2.45. The van der Waals surface area contributed by atoms with Crippen LogP contribution in [0.4, 0.5) is 0 Å². The smallest absolute Gasteiger partial charge is 0.0681 e. The molecular weight excluding hydrogens is 236 g/mol. The van der Waals surface area contributed by atoms with Crippen LogP contribution in [0.5, 0.6) is 0 Å². The summed E-state index contributed by atoms with van der Waals surface area (Å²) in [6.45, 7) is 12.8. The highest BCUT2D eigenvalue weighted by atomic mass is 16.3. The quantitative estimate of drug-likeness (QED) is 0.810. The largest absolute Gasteiger partial charge is 0.393 e. The molecule has 0 radical (unpaired) electrons. The van der Waals surface area contributed by atoms with E-state index < -0.39 is 5.60 Å². The van der Waals surface area contributed by atoms with Gasteiger partial charge in [0.25, 0.3) is 0 Å². The molecule has 0 amide bonds. The van der Waals surface area contributed by atoms with Crippen LogP contribution >= 0.6 is 0 Å². The molecule has 19 heavy (non-hydrogen) atoms. The molecule has 1 fully saturated rings. The van der Waals surface area contributed by atoms with Crippen molar-refractivity contribution in [1.29, 1.82) is 0 Å². The van der Waals surface area contributed by atoms with Crippen molar-refractivity contribution in [1.82, 2.24) is 0 Å². The molecule has 0 bridgehead atoms. The molecule has 0 aliphatic heterocycles. The number of rotatable bonds is 4. The van der Waals surface area contributed by atoms with Crippen molar-refractivity contribution < 1.29 is 10.2 Å². The normalized spacial score (nSPS) is 34.6. The van der Waals surface area contributed by atoms with Crippen molar-refractivity contribution in [3.63, 3.8) is 0 Å². The summed E-state index contributed by atoms with van der Waals surface area (Å²) < 4.78 is 0. The zero-order chi connectivity index (χ0) is 14.8. The molecule has 0 spiro atoms. The van der Waals surface area contributed by atoms with Gasteiger partial charge in [0.1, 0.15) is 0 Å². The van der Waals surface area contributed by atoms with E-state index in [9.17, 15) is 10.2 Å². The topological polar surface area (TPSA) is 40.5 Å². The van der Waals surface area contributed by atoms with Crippen LogP contribution in [-0.2, 0) is 0 Å². The summed E-state index contributed by atoms with van der Waals surface area (Å²) in [4.78, 5) is 0. The van der Waals surface area contributed by atoms with Crippen LogP contribution in [0, 0.1) is 23.2 Å². The maximum atomic E-state index is 11.1. The maximum Gasteiger partial charge on any atom is 0.0681 e. The summed E-state index contributed by atoms with van der Waals surface area (Å²) in [5.41, 5.74) is -0.665.